The van der Waals surface area contributed by atoms with E-state index in [4.69, 9.17) is 0 Å². The van der Waals surface area contributed by atoms with E-state index in [0.29, 0.717) is 0 Å². The molecule has 0 aliphatic heterocycles. The second-order valence-corrected chi connectivity index (χ2v) is 4.12. The van der Waals surface area contributed by atoms with E-state index in [1.165, 1.54) is 5.39 Å². The molecular formula is C8H5Br2N. The molecule has 3 heteroatoms. The molecule has 1 heterocycles. The van der Waals surface area contributed by atoms with Gasteiger partial charge in [-0.3, -0.25) is 0 Å². The van der Waals surface area contributed by atoms with Crippen molar-refractivity contribution in [1.82, 2.24) is 4.98 Å². The van der Waals surface area contributed by atoms with Crippen molar-refractivity contribution in [3.05, 3.63) is 33.3 Å². The summed E-state index contributed by atoms with van der Waals surface area (Å²) >= 11 is 6.79. The molecule has 0 saturated carbocycles. The van der Waals surface area contributed by atoms with Crippen LogP contribution in [0.2, 0.25) is 0 Å². The van der Waals surface area contributed by atoms with Gasteiger partial charge in [-0.2, -0.15) is 0 Å². The summed E-state index contributed by atoms with van der Waals surface area (Å²) in [6.07, 6.45) is 0. The molecule has 0 saturated heterocycles. The zero-order valence-electron chi connectivity index (χ0n) is 5.57. The van der Waals surface area contributed by atoms with E-state index in [2.05, 4.69) is 49.0 Å². The maximum absolute atomic E-state index is 3.41. The van der Waals surface area contributed by atoms with Crippen molar-refractivity contribution in [3.8, 4) is 0 Å². The van der Waals surface area contributed by atoms with E-state index >= 15 is 0 Å². The largest absolute Gasteiger partial charge is 0.349 e. The van der Waals surface area contributed by atoms with Gasteiger partial charge in [0, 0.05) is 15.4 Å². The molecule has 0 bridgehead atoms. The maximum atomic E-state index is 3.41. The highest BCUT2D eigenvalue weighted by molar-refractivity contribution is 9.10. The minimum Gasteiger partial charge on any atom is -0.349 e. The minimum absolute atomic E-state index is 1.02. The molecule has 0 spiro atoms. The first-order valence-corrected chi connectivity index (χ1v) is 4.78. The number of H-pyrrole nitrogens is 1. The van der Waals surface area contributed by atoms with Crippen LogP contribution < -0.4 is 0 Å². The fourth-order valence-corrected chi connectivity index (χ4v) is 1.91. The fourth-order valence-electron chi connectivity index (χ4n) is 1.07. The average molecular weight is 275 g/mol. The Labute approximate surface area is 81.1 Å². The summed E-state index contributed by atoms with van der Waals surface area (Å²) in [5.74, 6) is 0. The molecule has 1 aromatic heterocycles. The van der Waals surface area contributed by atoms with Gasteiger partial charge in [-0.05, 0) is 40.2 Å². The molecule has 0 radical (unpaired) electrons. The number of benzene rings is 1. The number of aromatic amines is 1. The van der Waals surface area contributed by atoms with E-state index in [9.17, 15) is 0 Å². The lowest BCUT2D eigenvalue weighted by atomic mass is 10.3. The summed E-state index contributed by atoms with van der Waals surface area (Å²) in [6.45, 7) is 0. The zero-order chi connectivity index (χ0) is 7.84. The Hall–Kier alpha value is -0.280. The first-order chi connectivity index (χ1) is 5.25. The Morgan fingerprint density at radius 1 is 1.09 bits per heavy atom. The summed E-state index contributed by atoms with van der Waals surface area (Å²) in [4.78, 5) is 3.18. The second kappa shape index (κ2) is 2.64. The molecule has 0 unspecified atom stereocenters. The van der Waals surface area contributed by atoms with E-state index in [1.807, 2.05) is 12.1 Å². The van der Waals surface area contributed by atoms with Gasteiger partial charge in [0.25, 0.3) is 0 Å². The van der Waals surface area contributed by atoms with E-state index < -0.39 is 0 Å². The molecule has 2 aromatic rings. The van der Waals surface area contributed by atoms with Crippen molar-refractivity contribution in [3.63, 3.8) is 0 Å². The summed E-state index contributed by atoms with van der Waals surface area (Å²) in [7, 11) is 0. The van der Waals surface area contributed by atoms with Gasteiger partial charge in [0.1, 0.15) is 0 Å². The molecule has 2 rings (SSSR count). The molecule has 1 N–H and O–H groups in total. The Balaban J connectivity index is 2.82. The predicted molar refractivity (Wildman–Crippen MR) is 53.7 cm³/mol. The van der Waals surface area contributed by atoms with Crippen molar-refractivity contribution in [2.24, 2.45) is 0 Å². The molecule has 56 valence electrons. The first-order valence-electron chi connectivity index (χ1n) is 3.19. The molecule has 11 heavy (non-hydrogen) atoms. The topological polar surface area (TPSA) is 15.8 Å². The number of rotatable bonds is 0. The summed E-state index contributed by atoms with van der Waals surface area (Å²) in [5.41, 5.74) is 1.15. The minimum atomic E-state index is 1.02. The first kappa shape index (κ1) is 7.37. The molecule has 0 aliphatic rings. The van der Waals surface area contributed by atoms with Gasteiger partial charge >= 0.3 is 0 Å². The lowest BCUT2D eigenvalue weighted by molar-refractivity contribution is 1.41. The Morgan fingerprint density at radius 2 is 1.91 bits per heavy atom. The lowest BCUT2D eigenvalue weighted by Gasteiger charge is -1.88. The van der Waals surface area contributed by atoms with Crippen LogP contribution in [0.1, 0.15) is 0 Å². The van der Waals surface area contributed by atoms with Crippen LogP contribution in [-0.2, 0) is 0 Å². The molecule has 1 aromatic carbocycles. The van der Waals surface area contributed by atoms with Gasteiger partial charge in [0.15, 0.2) is 0 Å². The number of halogens is 2. The molecule has 0 atom stereocenters. The van der Waals surface area contributed by atoms with Crippen molar-refractivity contribution < 1.29 is 0 Å². The third-order valence-corrected chi connectivity index (χ3v) is 2.47. The van der Waals surface area contributed by atoms with Crippen molar-refractivity contribution >= 4 is 42.8 Å². The third-order valence-electron chi connectivity index (χ3n) is 1.55. The molecule has 0 amide bonds. The SMILES string of the molecule is Brc1ccc2[nH]c(Br)cc2c1. The van der Waals surface area contributed by atoms with Gasteiger partial charge in [0.05, 0.1) is 4.60 Å². The number of fused-ring (bicyclic) bond motifs is 1. The summed E-state index contributed by atoms with van der Waals surface area (Å²) in [6, 6.07) is 8.20. The summed E-state index contributed by atoms with van der Waals surface area (Å²) < 4.78 is 2.13. The molecule has 1 nitrogen and oxygen atoms in total. The van der Waals surface area contributed by atoms with Gasteiger partial charge in [-0.25, -0.2) is 0 Å². The van der Waals surface area contributed by atoms with E-state index in [0.717, 1.165) is 14.6 Å². The average Bonchev–Trinajstić information content (AvgIpc) is 2.27. The van der Waals surface area contributed by atoms with Gasteiger partial charge in [-0.1, -0.05) is 15.9 Å². The number of hydrogen-bond acceptors (Lipinski definition) is 0. The van der Waals surface area contributed by atoms with Crippen LogP contribution in [0.25, 0.3) is 10.9 Å². The highest BCUT2D eigenvalue weighted by atomic mass is 79.9. The fraction of sp³-hybridized carbons (Fsp3) is 0. The highest BCUT2D eigenvalue weighted by Crippen LogP contribution is 2.22. The Bertz CT molecular complexity index is 392. The quantitative estimate of drug-likeness (QED) is 0.754. The second-order valence-electron chi connectivity index (χ2n) is 2.35. The number of hydrogen-bond donors (Lipinski definition) is 1. The molecule has 0 aliphatic carbocycles. The van der Waals surface area contributed by atoms with Crippen molar-refractivity contribution in [1.29, 1.82) is 0 Å². The van der Waals surface area contributed by atoms with Crippen LogP contribution in [0.4, 0.5) is 0 Å². The van der Waals surface area contributed by atoms with Gasteiger partial charge < -0.3 is 4.98 Å². The van der Waals surface area contributed by atoms with Crippen LogP contribution in [0.5, 0.6) is 0 Å². The van der Waals surface area contributed by atoms with Crippen LogP contribution >= 0.6 is 31.9 Å². The highest BCUT2D eigenvalue weighted by Gasteiger charge is 1.96. The standard InChI is InChI=1S/C8H5Br2N/c9-6-1-2-7-5(3-6)4-8(10)11-7/h1-4,11H. The van der Waals surface area contributed by atoms with Crippen LogP contribution in [0.3, 0.4) is 0 Å². The van der Waals surface area contributed by atoms with Gasteiger partial charge in [0.2, 0.25) is 0 Å². The Morgan fingerprint density at radius 3 is 2.73 bits per heavy atom. The monoisotopic (exact) mass is 273 g/mol. The van der Waals surface area contributed by atoms with E-state index in [-0.39, 0.29) is 0 Å². The number of aromatic nitrogens is 1. The predicted octanol–water partition coefficient (Wildman–Crippen LogP) is 3.69. The zero-order valence-corrected chi connectivity index (χ0v) is 8.74. The van der Waals surface area contributed by atoms with E-state index in [1.54, 1.807) is 0 Å². The van der Waals surface area contributed by atoms with Crippen molar-refractivity contribution in [2.45, 2.75) is 0 Å². The Kier molecular flexibility index (Phi) is 1.77. The normalized spacial score (nSPS) is 10.7. The number of nitrogens with one attached hydrogen (secondary N) is 1. The van der Waals surface area contributed by atoms with Crippen LogP contribution in [0, 0.1) is 0 Å². The van der Waals surface area contributed by atoms with Crippen LogP contribution in [-0.4, -0.2) is 4.98 Å². The third kappa shape index (κ3) is 1.35. The smallest absolute Gasteiger partial charge is 0.0830 e. The van der Waals surface area contributed by atoms with Crippen molar-refractivity contribution in [2.75, 3.05) is 0 Å². The van der Waals surface area contributed by atoms with Gasteiger partial charge in [-0.15, -0.1) is 0 Å². The molecule has 0 fully saturated rings. The molecular weight excluding hydrogens is 270 g/mol. The maximum Gasteiger partial charge on any atom is 0.0830 e. The van der Waals surface area contributed by atoms with Crippen LogP contribution in [0.15, 0.2) is 33.3 Å². The lowest BCUT2D eigenvalue weighted by Crippen LogP contribution is -1.66. The summed E-state index contributed by atoms with van der Waals surface area (Å²) in [5, 5.41) is 1.21.